The van der Waals surface area contributed by atoms with E-state index in [0.717, 1.165) is 26.9 Å². The van der Waals surface area contributed by atoms with Gasteiger partial charge < -0.3 is 10.6 Å². The quantitative estimate of drug-likeness (QED) is 0.288. The maximum atomic E-state index is 14.0. The topological polar surface area (TPSA) is 83.0 Å². The highest BCUT2D eigenvalue weighted by Crippen LogP contribution is 2.43. The zero-order chi connectivity index (χ0) is 26.0. The fraction of sp³-hybridized carbons (Fsp3) is 0.320. The Kier molecular flexibility index (Phi) is 7.21. The number of aryl methyl sites for hydroxylation is 2. The molecule has 4 N–H and O–H groups in total. The van der Waals surface area contributed by atoms with Crippen LogP contribution in [0.4, 0.5) is 19.0 Å². The van der Waals surface area contributed by atoms with E-state index in [-0.39, 0.29) is 29.1 Å². The van der Waals surface area contributed by atoms with Crippen LogP contribution < -0.4 is 21.5 Å². The standard InChI is InChI=1S/C25H27F3N6OS/c1-14-9-10-18(11-15(14)2)19-12-21(25(26,27)28)34-22(30-19)13-20(33-34)23(35)31-32-24(36)29-16(3)17-7-5-4-6-8-17/h4-11,13,16,19,21,30H,12H2,1-3H3,(H,31,35)(H2,29,32,36)/t16-,19+,21-/m1/s1. The number of thiocarbonyl (C=S) groups is 1. The summed E-state index contributed by atoms with van der Waals surface area (Å²) in [5, 5.41) is 10.3. The molecule has 1 aliphatic heterocycles. The second-order valence-electron chi connectivity index (χ2n) is 8.88. The Morgan fingerprint density at radius 1 is 1.11 bits per heavy atom. The molecule has 11 heteroatoms. The molecule has 3 atom stereocenters. The fourth-order valence-electron chi connectivity index (χ4n) is 4.12. The van der Waals surface area contributed by atoms with Gasteiger partial charge in [0.1, 0.15) is 5.82 Å². The van der Waals surface area contributed by atoms with Crippen LogP contribution in [0.25, 0.3) is 0 Å². The molecule has 7 nitrogen and oxygen atoms in total. The lowest BCUT2D eigenvalue weighted by atomic mass is 9.94. The minimum Gasteiger partial charge on any atom is -0.363 e. The highest BCUT2D eigenvalue weighted by atomic mass is 32.1. The third-order valence-corrected chi connectivity index (χ3v) is 6.51. The third kappa shape index (κ3) is 5.62. The lowest BCUT2D eigenvalue weighted by Gasteiger charge is -2.33. The lowest BCUT2D eigenvalue weighted by molar-refractivity contribution is -0.173. The van der Waals surface area contributed by atoms with Crippen LogP contribution in [0.5, 0.6) is 0 Å². The van der Waals surface area contributed by atoms with Crippen molar-refractivity contribution in [1.29, 1.82) is 0 Å². The van der Waals surface area contributed by atoms with Gasteiger partial charge in [0.2, 0.25) is 0 Å². The van der Waals surface area contributed by atoms with E-state index in [1.807, 2.05) is 69.3 Å². The van der Waals surface area contributed by atoms with Crippen LogP contribution in [0.1, 0.15) is 64.2 Å². The first-order chi connectivity index (χ1) is 17.0. The largest absolute Gasteiger partial charge is 0.410 e. The highest BCUT2D eigenvalue weighted by Gasteiger charge is 2.46. The summed E-state index contributed by atoms with van der Waals surface area (Å²) in [6.07, 6.45) is -4.78. The van der Waals surface area contributed by atoms with Crippen LogP contribution in [0.2, 0.25) is 0 Å². The second-order valence-corrected chi connectivity index (χ2v) is 9.29. The van der Waals surface area contributed by atoms with Crippen LogP contribution >= 0.6 is 12.2 Å². The molecule has 4 rings (SSSR count). The summed E-state index contributed by atoms with van der Waals surface area (Å²) < 4.78 is 42.7. The molecule has 0 unspecified atom stereocenters. The van der Waals surface area contributed by atoms with E-state index < -0.39 is 24.2 Å². The number of hydrogen-bond acceptors (Lipinski definition) is 4. The summed E-state index contributed by atoms with van der Waals surface area (Å²) in [5.41, 5.74) is 8.61. The first kappa shape index (κ1) is 25.5. The van der Waals surface area contributed by atoms with Gasteiger partial charge in [-0.05, 0) is 55.2 Å². The molecule has 0 saturated carbocycles. The summed E-state index contributed by atoms with van der Waals surface area (Å²) in [7, 11) is 0. The third-order valence-electron chi connectivity index (χ3n) is 6.29. The Morgan fingerprint density at radius 3 is 2.50 bits per heavy atom. The molecule has 0 radical (unpaired) electrons. The zero-order valence-electron chi connectivity index (χ0n) is 20.0. The van der Waals surface area contributed by atoms with E-state index >= 15 is 0 Å². The van der Waals surface area contributed by atoms with Gasteiger partial charge in [-0.3, -0.25) is 15.6 Å². The van der Waals surface area contributed by atoms with Gasteiger partial charge in [-0.25, -0.2) is 4.68 Å². The second kappa shape index (κ2) is 10.2. The van der Waals surface area contributed by atoms with Crippen molar-refractivity contribution in [3.8, 4) is 0 Å². The number of halogens is 3. The fourth-order valence-corrected chi connectivity index (χ4v) is 4.35. The molecule has 3 aromatic rings. The number of anilines is 1. The molecule has 0 bridgehead atoms. The average molecular weight is 517 g/mol. The number of nitrogens with zero attached hydrogens (tertiary/aromatic N) is 2. The van der Waals surface area contributed by atoms with Crippen molar-refractivity contribution in [2.75, 3.05) is 5.32 Å². The van der Waals surface area contributed by atoms with Gasteiger partial charge in [-0.2, -0.15) is 18.3 Å². The van der Waals surface area contributed by atoms with Crippen molar-refractivity contribution in [3.63, 3.8) is 0 Å². The monoisotopic (exact) mass is 516 g/mol. The predicted octanol–water partition coefficient (Wildman–Crippen LogP) is 5.03. The summed E-state index contributed by atoms with van der Waals surface area (Å²) in [6.45, 7) is 5.77. The number of carbonyl (C=O) groups excluding carboxylic acids is 1. The summed E-state index contributed by atoms with van der Waals surface area (Å²) in [6, 6.07) is 13.9. The Balaban J connectivity index is 1.46. The van der Waals surface area contributed by atoms with Crippen LogP contribution in [0, 0.1) is 13.8 Å². The molecule has 0 spiro atoms. The molecule has 2 heterocycles. The molecule has 0 fully saturated rings. The molecular formula is C25H27F3N6OS. The number of carbonyl (C=O) groups is 1. The number of benzene rings is 2. The summed E-state index contributed by atoms with van der Waals surface area (Å²) in [5.74, 6) is -0.589. The smallest absolute Gasteiger partial charge is 0.363 e. The average Bonchev–Trinajstić information content (AvgIpc) is 3.28. The van der Waals surface area contributed by atoms with Crippen LogP contribution in [-0.4, -0.2) is 27.0 Å². The Bertz CT molecular complexity index is 1260. The van der Waals surface area contributed by atoms with Crippen LogP contribution in [0.15, 0.2) is 54.6 Å². The van der Waals surface area contributed by atoms with Crippen molar-refractivity contribution in [2.45, 2.75) is 51.5 Å². The van der Waals surface area contributed by atoms with E-state index in [9.17, 15) is 18.0 Å². The minimum absolute atomic E-state index is 0.121. The van der Waals surface area contributed by atoms with Gasteiger partial charge >= 0.3 is 6.18 Å². The van der Waals surface area contributed by atoms with E-state index in [1.54, 1.807) is 0 Å². The number of hydrogen-bond donors (Lipinski definition) is 4. The predicted molar refractivity (Wildman–Crippen MR) is 135 cm³/mol. The normalized spacial score (nSPS) is 17.9. The Morgan fingerprint density at radius 2 is 1.83 bits per heavy atom. The number of nitrogens with one attached hydrogen (secondary N) is 4. The molecule has 2 aromatic carbocycles. The van der Waals surface area contributed by atoms with Gasteiger partial charge in [0.25, 0.3) is 5.91 Å². The maximum Gasteiger partial charge on any atom is 0.410 e. The van der Waals surface area contributed by atoms with Crippen LogP contribution in [0.3, 0.4) is 0 Å². The van der Waals surface area contributed by atoms with Crippen molar-refractivity contribution in [3.05, 3.63) is 82.5 Å². The first-order valence-electron chi connectivity index (χ1n) is 11.4. The van der Waals surface area contributed by atoms with Gasteiger partial charge in [0.05, 0.1) is 12.1 Å². The molecule has 1 aromatic heterocycles. The molecule has 36 heavy (non-hydrogen) atoms. The summed E-state index contributed by atoms with van der Waals surface area (Å²) >= 11 is 5.22. The van der Waals surface area contributed by atoms with E-state index in [4.69, 9.17) is 12.2 Å². The minimum atomic E-state index is -4.54. The van der Waals surface area contributed by atoms with Crippen molar-refractivity contribution in [1.82, 2.24) is 25.9 Å². The molecule has 1 amide bonds. The lowest BCUT2D eigenvalue weighted by Crippen LogP contribution is -2.47. The number of alkyl halides is 3. The first-order valence-corrected chi connectivity index (χ1v) is 11.9. The molecule has 1 aliphatic rings. The number of aromatic nitrogens is 2. The van der Waals surface area contributed by atoms with Gasteiger partial charge in [0.15, 0.2) is 16.8 Å². The number of rotatable bonds is 4. The number of hydrazine groups is 1. The van der Waals surface area contributed by atoms with Crippen LogP contribution in [-0.2, 0) is 0 Å². The molecule has 0 saturated heterocycles. The van der Waals surface area contributed by atoms with Gasteiger partial charge in [-0.15, -0.1) is 0 Å². The van der Waals surface area contributed by atoms with Crippen molar-refractivity contribution in [2.24, 2.45) is 0 Å². The maximum absolute atomic E-state index is 14.0. The number of amides is 1. The SMILES string of the molecule is Cc1ccc([C@@H]2C[C@H](C(F)(F)F)n3nc(C(=O)NNC(=S)N[C@H](C)c4ccccc4)cc3N2)cc1C. The Labute approximate surface area is 212 Å². The molecule has 190 valence electrons. The molecule has 0 aliphatic carbocycles. The molecular weight excluding hydrogens is 489 g/mol. The van der Waals surface area contributed by atoms with Gasteiger partial charge in [-0.1, -0.05) is 48.5 Å². The number of fused-ring (bicyclic) bond motifs is 1. The van der Waals surface area contributed by atoms with Gasteiger partial charge in [0, 0.05) is 12.5 Å². The van der Waals surface area contributed by atoms with Crippen molar-refractivity contribution >= 4 is 29.1 Å². The Hall–Kier alpha value is -3.60. The van der Waals surface area contributed by atoms with E-state index in [0.29, 0.717) is 0 Å². The van der Waals surface area contributed by atoms with E-state index in [1.165, 1.54) is 6.07 Å². The van der Waals surface area contributed by atoms with Crippen molar-refractivity contribution < 1.29 is 18.0 Å². The van der Waals surface area contributed by atoms with E-state index in [2.05, 4.69) is 26.6 Å². The highest BCUT2D eigenvalue weighted by molar-refractivity contribution is 7.80. The summed E-state index contributed by atoms with van der Waals surface area (Å²) in [4.78, 5) is 12.7. The zero-order valence-corrected chi connectivity index (χ0v) is 20.8.